The van der Waals surface area contributed by atoms with Gasteiger partial charge in [0.05, 0.1) is 0 Å². The molecule has 0 heterocycles. The molecule has 0 aliphatic heterocycles. The summed E-state index contributed by atoms with van der Waals surface area (Å²) >= 11 is 0. The van der Waals surface area contributed by atoms with Gasteiger partial charge in [0.2, 0.25) is 0 Å². The van der Waals surface area contributed by atoms with Crippen molar-refractivity contribution in [2.75, 3.05) is 13.1 Å². The Balaban J connectivity index is 0.000001000. The molecule has 3 heteroatoms. The van der Waals surface area contributed by atoms with Crippen LogP contribution in [0.4, 0.5) is 0 Å². The van der Waals surface area contributed by atoms with Gasteiger partial charge in [-0.25, -0.2) is 0 Å². The summed E-state index contributed by atoms with van der Waals surface area (Å²) in [6.07, 6.45) is 5.07. The van der Waals surface area contributed by atoms with E-state index in [1.165, 1.54) is 25.7 Å². The van der Waals surface area contributed by atoms with Crippen molar-refractivity contribution in [3.8, 4) is 0 Å². The largest absolute Gasteiger partial charge is 1.00 e. The van der Waals surface area contributed by atoms with Crippen molar-refractivity contribution in [3.05, 3.63) is 5.73 Å². The van der Waals surface area contributed by atoms with Crippen LogP contribution in [-0.4, -0.2) is 13.1 Å². The van der Waals surface area contributed by atoms with E-state index in [1.807, 2.05) is 0 Å². The van der Waals surface area contributed by atoms with Crippen LogP contribution < -0.4 is 24.6 Å². The third-order valence-electron chi connectivity index (χ3n) is 2.51. The molecular weight excluding hydrogens is 131 g/mol. The first-order valence-electron chi connectivity index (χ1n) is 4.21. The number of hydrogen-bond acceptors (Lipinski definition) is 1. The van der Waals surface area contributed by atoms with Crippen LogP contribution in [-0.2, 0) is 0 Å². The number of nitrogens with one attached hydrogen (secondary N) is 1. The van der Waals surface area contributed by atoms with E-state index in [-0.39, 0.29) is 18.9 Å². The fourth-order valence-electron chi connectivity index (χ4n) is 1.80. The normalized spacial score (nSPS) is 31.1. The van der Waals surface area contributed by atoms with Gasteiger partial charge in [-0.15, -0.1) is 6.54 Å². The second-order valence-electron chi connectivity index (χ2n) is 3.34. The Kier molecular flexibility index (Phi) is 6.37. The van der Waals surface area contributed by atoms with Crippen molar-refractivity contribution in [2.45, 2.75) is 25.7 Å². The van der Waals surface area contributed by atoms with Gasteiger partial charge in [0.1, 0.15) is 0 Å². The molecule has 60 valence electrons. The van der Waals surface area contributed by atoms with E-state index in [4.69, 9.17) is 11.5 Å². The quantitative estimate of drug-likeness (QED) is 0.492. The second-order valence-corrected chi connectivity index (χ2v) is 3.34. The van der Waals surface area contributed by atoms with Gasteiger partial charge in [-0.2, -0.15) is 0 Å². The van der Waals surface area contributed by atoms with Crippen molar-refractivity contribution in [2.24, 2.45) is 17.6 Å². The molecule has 0 radical (unpaired) electrons. The molecule has 0 aromatic rings. The predicted molar refractivity (Wildman–Crippen MR) is 43.7 cm³/mol. The third kappa shape index (κ3) is 3.62. The molecule has 1 aliphatic carbocycles. The SMILES string of the molecule is [Li+].[NH-]CC1CCCC(CN)C1. The van der Waals surface area contributed by atoms with Gasteiger partial charge in [0.25, 0.3) is 0 Å². The Labute approximate surface area is 81.3 Å². The van der Waals surface area contributed by atoms with Crippen LogP contribution in [0.15, 0.2) is 0 Å². The smallest absolute Gasteiger partial charge is 0.677 e. The molecule has 1 fully saturated rings. The summed E-state index contributed by atoms with van der Waals surface area (Å²) in [5.74, 6) is 1.38. The zero-order valence-electron chi connectivity index (χ0n) is 7.47. The van der Waals surface area contributed by atoms with Crippen LogP contribution in [0.25, 0.3) is 5.73 Å². The summed E-state index contributed by atoms with van der Waals surface area (Å²) in [7, 11) is 0. The topological polar surface area (TPSA) is 49.8 Å². The monoisotopic (exact) mass is 148 g/mol. The first-order chi connectivity index (χ1) is 4.86. The van der Waals surface area contributed by atoms with Crippen molar-refractivity contribution in [3.63, 3.8) is 0 Å². The zero-order valence-corrected chi connectivity index (χ0v) is 7.47. The van der Waals surface area contributed by atoms with E-state index in [9.17, 15) is 0 Å². The van der Waals surface area contributed by atoms with E-state index < -0.39 is 0 Å². The molecule has 0 aromatic carbocycles. The predicted octanol–water partition coefficient (Wildman–Crippen LogP) is -1.19. The van der Waals surface area contributed by atoms with Crippen LogP contribution in [0.1, 0.15) is 25.7 Å². The Morgan fingerprint density at radius 2 is 1.91 bits per heavy atom. The summed E-state index contributed by atoms with van der Waals surface area (Å²) in [6, 6.07) is 0. The third-order valence-corrected chi connectivity index (χ3v) is 2.51. The van der Waals surface area contributed by atoms with Gasteiger partial charge in [-0.1, -0.05) is 18.8 Å². The minimum absolute atomic E-state index is 0. The zero-order chi connectivity index (χ0) is 7.40. The van der Waals surface area contributed by atoms with Crippen molar-refractivity contribution < 1.29 is 18.9 Å². The maximum atomic E-state index is 7.22. The number of hydrogen-bond donors (Lipinski definition) is 1. The summed E-state index contributed by atoms with van der Waals surface area (Å²) in [5.41, 5.74) is 12.8. The average Bonchev–Trinajstić information content (AvgIpc) is 2.05. The minimum atomic E-state index is 0. The van der Waals surface area contributed by atoms with Gasteiger partial charge in [0.15, 0.2) is 0 Å². The molecule has 1 aliphatic rings. The van der Waals surface area contributed by atoms with Crippen LogP contribution in [0.5, 0.6) is 0 Å². The Bertz CT molecular complexity index is 88.1. The van der Waals surface area contributed by atoms with E-state index in [0.29, 0.717) is 12.5 Å². The average molecular weight is 148 g/mol. The minimum Gasteiger partial charge on any atom is -0.677 e. The molecule has 2 atom stereocenters. The van der Waals surface area contributed by atoms with Crippen molar-refractivity contribution >= 4 is 0 Å². The fourth-order valence-corrected chi connectivity index (χ4v) is 1.80. The molecule has 0 amide bonds. The molecule has 2 unspecified atom stereocenters. The van der Waals surface area contributed by atoms with Crippen LogP contribution >= 0.6 is 0 Å². The number of nitrogens with two attached hydrogens (primary N) is 1. The maximum Gasteiger partial charge on any atom is 1.00 e. The molecule has 1 saturated carbocycles. The molecule has 1 rings (SSSR count). The fraction of sp³-hybridized carbons (Fsp3) is 1.00. The van der Waals surface area contributed by atoms with E-state index in [0.717, 1.165) is 12.5 Å². The van der Waals surface area contributed by atoms with Gasteiger partial charge in [0, 0.05) is 0 Å². The van der Waals surface area contributed by atoms with Gasteiger partial charge in [-0.05, 0) is 25.3 Å². The van der Waals surface area contributed by atoms with Crippen molar-refractivity contribution in [1.82, 2.24) is 0 Å². The van der Waals surface area contributed by atoms with Crippen molar-refractivity contribution in [1.29, 1.82) is 0 Å². The van der Waals surface area contributed by atoms with Crippen LogP contribution in [0, 0.1) is 11.8 Å². The molecule has 0 spiro atoms. The Morgan fingerprint density at radius 3 is 2.45 bits per heavy atom. The molecule has 0 bridgehead atoms. The summed E-state index contributed by atoms with van der Waals surface area (Å²) in [5, 5.41) is 0. The second kappa shape index (κ2) is 6.08. The summed E-state index contributed by atoms with van der Waals surface area (Å²) in [4.78, 5) is 0. The van der Waals surface area contributed by atoms with Gasteiger partial charge in [-0.3, -0.25) is 0 Å². The molecule has 0 aromatic heterocycles. The van der Waals surface area contributed by atoms with Crippen LogP contribution in [0.2, 0.25) is 0 Å². The molecule has 11 heavy (non-hydrogen) atoms. The van der Waals surface area contributed by atoms with E-state index >= 15 is 0 Å². The van der Waals surface area contributed by atoms with E-state index in [1.54, 1.807) is 0 Å². The molecule has 3 N–H and O–H groups in total. The Morgan fingerprint density at radius 1 is 1.27 bits per heavy atom. The Hall–Kier alpha value is 0.517. The number of rotatable bonds is 2. The van der Waals surface area contributed by atoms with Crippen LogP contribution in [0.3, 0.4) is 0 Å². The molecule has 2 nitrogen and oxygen atoms in total. The molecular formula is C8H17LiN2. The summed E-state index contributed by atoms with van der Waals surface area (Å²) in [6.45, 7) is 1.44. The standard InChI is InChI=1S/C8H17N2.Li/c9-5-7-2-1-3-8(4-7)6-10;/h7-9H,1-6,10H2;/q-1;+1. The maximum absolute atomic E-state index is 7.22. The van der Waals surface area contributed by atoms with E-state index in [2.05, 4.69) is 0 Å². The summed E-state index contributed by atoms with van der Waals surface area (Å²) < 4.78 is 0. The van der Waals surface area contributed by atoms with Gasteiger partial charge < -0.3 is 11.5 Å². The first-order valence-corrected chi connectivity index (χ1v) is 4.21. The molecule has 0 saturated heterocycles. The van der Waals surface area contributed by atoms with Gasteiger partial charge >= 0.3 is 18.9 Å². The first kappa shape index (κ1) is 11.5.